The lowest BCUT2D eigenvalue weighted by atomic mass is 9.88. The molecule has 0 radical (unpaired) electrons. The number of rotatable bonds is 6. The molecule has 4 aromatic rings. The maximum Gasteiger partial charge on any atom is 0.337 e. The molecule has 8 nitrogen and oxygen atoms in total. The molecule has 1 unspecified atom stereocenters. The number of carbonyl (C=O) groups is 2. The summed E-state index contributed by atoms with van der Waals surface area (Å²) in [7, 11) is 1.80. The second-order valence-corrected chi connectivity index (χ2v) is 13.4. The summed E-state index contributed by atoms with van der Waals surface area (Å²) in [4.78, 5) is 37.7. The molecule has 1 amide bonds. The molecule has 2 aliphatic rings. The number of hydrogen-bond acceptors (Lipinski definition) is 7. The van der Waals surface area contributed by atoms with Gasteiger partial charge in [-0.3, -0.25) is 14.7 Å². The van der Waals surface area contributed by atoms with Crippen molar-refractivity contribution < 1.29 is 24.2 Å². The molecule has 6 rings (SSSR count). The normalized spacial score (nSPS) is 16.4. The number of benzene rings is 2. The average Bonchev–Trinajstić information content (AvgIpc) is 3.39. The van der Waals surface area contributed by atoms with Crippen molar-refractivity contribution in [2.45, 2.75) is 77.9 Å². The molecule has 0 spiro atoms. The van der Waals surface area contributed by atoms with Crippen molar-refractivity contribution in [3.05, 3.63) is 47.2 Å². The van der Waals surface area contributed by atoms with Crippen LogP contribution in [0.2, 0.25) is 0 Å². The first-order valence-electron chi connectivity index (χ1n) is 14.7. The monoisotopic (exact) mass is 587 g/mol. The molecular weight excluding hydrogens is 550 g/mol. The van der Waals surface area contributed by atoms with Gasteiger partial charge < -0.3 is 14.6 Å². The number of nitrogens with zero attached hydrogens (tertiary/aromatic N) is 3. The first-order chi connectivity index (χ1) is 20.0. The van der Waals surface area contributed by atoms with Crippen LogP contribution in [-0.4, -0.2) is 46.2 Å². The number of carbonyl (C=O) groups excluding carboxylic acids is 1. The Kier molecular flexibility index (Phi) is 7.43. The fourth-order valence-corrected chi connectivity index (χ4v) is 7.44. The fraction of sp³-hybridized carbons (Fsp3) is 0.455. The molecule has 1 aliphatic carbocycles. The van der Waals surface area contributed by atoms with Crippen molar-refractivity contribution in [3.8, 4) is 16.9 Å². The first kappa shape index (κ1) is 28.6. The predicted octanol–water partition coefficient (Wildman–Crippen LogP) is 7.24. The van der Waals surface area contributed by atoms with Crippen LogP contribution in [0.3, 0.4) is 0 Å². The van der Waals surface area contributed by atoms with Crippen LogP contribution in [0, 0.1) is 12.8 Å². The van der Waals surface area contributed by atoms with Gasteiger partial charge in [-0.15, -0.1) is 0 Å². The van der Waals surface area contributed by atoms with Crippen molar-refractivity contribution >= 4 is 49.5 Å². The van der Waals surface area contributed by atoms with Gasteiger partial charge in [-0.1, -0.05) is 30.6 Å². The van der Waals surface area contributed by atoms with Crippen molar-refractivity contribution in [2.24, 2.45) is 5.92 Å². The van der Waals surface area contributed by atoms with Crippen molar-refractivity contribution in [1.29, 1.82) is 0 Å². The summed E-state index contributed by atoms with van der Waals surface area (Å²) in [5.74, 6) is -0.194. The Hall–Kier alpha value is -3.56. The third-order valence-electron chi connectivity index (χ3n) is 8.28. The summed E-state index contributed by atoms with van der Waals surface area (Å²) in [6.45, 7) is 8.07. The van der Waals surface area contributed by atoms with Crippen LogP contribution in [0.5, 0.6) is 5.75 Å². The Morgan fingerprint density at radius 3 is 2.64 bits per heavy atom. The largest absolute Gasteiger partial charge is 0.493 e. The third kappa shape index (κ3) is 5.13. The quantitative estimate of drug-likeness (QED) is 0.254. The summed E-state index contributed by atoms with van der Waals surface area (Å²) in [5.41, 5.74) is 4.75. The zero-order valence-electron chi connectivity index (χ0n) is 24.8. The lowest BCUT2D eigenvalue weighted by molar-refractivity contribution is -0.160. The van der Waals surface area contributed by atoms with Gasteiger partial charge in [-0.25, -0.2) is 9.78 Å². The van der Waals surface area contributed by atoms with E-state index >= 15 is 0 Å². The molecule has 1 N–H and O–H groups in total. The minimum atomic E-state index is -1.22. The maximum atomic E-state index is 13.5. The molecule has 1 atom stereocenters. The molecule has 3 heterocycles. The van der Waals surface area contributed by atoms with E-state index < -0.39 is 17.7 Å². The Labute approximate surface area is 249 Å². The topological polar surface area (TPSA) is 102 Å². The Balaban J connectivity index is 1.61. The number of hydrogen-bond donors (Lipinski definition) is 1. The van der Waals surface area contributed by atoms with Gasteiger partial charge in [0.2, 0.25) is 5.91 Å². The highest BCUT2D eigenvalue weighted by atomic mass is 32.1. The van der Waals surface area contributed by atoms with Crippen LogP contribution in [0.1, 0.15) is 75.7 Å². The summed E-state index contributed by atoms with van der Waals surface area (Å²) >= 11 is 1.41. The van der Waals surface area contributed by atoms with Gasteiger partial charge in [-0.2, -0.15) is 0 Å². The van der Waals surface area contributed by atoms with Gasteiger partial charge in [0.25, 0.3) is 0 Å². The van der Waals surface area contributed by atoms with Crippen LogP contribution in [-0.2, 0) is 20.7 Å². The lowest BCUT2D eigenvalue weighted by Gasteiger charge is -2.28. The van der Waals surface area contributed by atoms with Crippen molar-refractivity contribution in [2.75, 3.05) is 18.6 Å². The zero-order valence-corrected chi connectivity index (χ0v) is 25.6. The Morgan fingerprint density at radius 2 is 1.93 bits per heavy atom. The molecule has 1 fully saturated rings. The maximum absolute atomic E-state index is 13.5. The standard InChI is InChI=1S/C33H37N3O5S/c1-18-17-22-29(42-32(35-22)36(5)30(37)20-9-7-6-8-10-20)26(24(18)28(31(38)39)41-33(2,3)4)21-11-12-23-25-19(14-16-40-23)13-15-34-27(21)25/h11-13,15,17,20,28H,6-10,14,16H2,1-5H3,(H,38,39). The highest BCUT2D eigenvalue weighted by Gasteiger charge is 2.34. The van der Waals surface area contributed by atoms with Gasteiger partial charge in [-0.05, 0) is 75.9 Å². The molecule has 42 heavy (non-hydrogen) atoms. The fourth-order valence-electron chi connectivity index (χ4n) is 6.36. The van der Waals surface area contributed by atoms with E-state index in [2.05, 4.69) is 0 Å². The molecule has 9 heteroatoms. The van der Waals surface area contributed by atoms with E-state index in [1.807, 2.05) is 52.0 Å². The van der Waals surface area contributed by atoms with Crippen LogP contribution in [0.4, 0.5) is 5.13 Å². The number of anilines is 1. The Morgan fingerprint density at radius 1 is 1.17 bits per heavy atom. The Bertz CT molecular complexity index is 1690. The smallest absolute Gasteiger partial charge is 0.337 e. The highest BCUT2D eigenvalue weighted by molar-refractivity contribution is 7.23. The van der Waals surface area contributed by atoms with Crippen LogP contribution in [0.25, 0.3) is 32.2 Å². The number of amides is 1. The van der Waals surface area contributed by atoms with Gasteiger partial charge in [0.15, 0.2) is 11.2 Å². The lowest BCUT2D eigenvalue weighted by Crippen LogP contribution is -2.33. The SMILES string of the molecule is Cc1cc2nc(N(C)C(=O)C3CCCCC3)sc2c(-c2ccc3c4c(ccnc24)CCO3)c1C(OC(C)(C)C)C(=O)O. The highest BCUT2D eigenvalue weighted by Crippen LogP contribution is 2.47. The molecule has 0 saturated heterocycles. The van der Waals surface area contributed by atoms with Gasteiger partial charge >= 0.3 is 5.97 Å². The summed E-state index contributed by atoms with van der Waals surface area (Å²) in [5, 5.41) is 12.0. The third-order valence-corrected chi connectivity index (χ3v) is 9.45. The number of aliphatic carboxylic acids is 1. The minimum absolute atomic E-state index is 0.00811. The summed E-state index contributed by atoms with van der Waals surface area (Å²) in [6, 6.07) is 7.84. The van der Waals surface area contributed by atoms with Crippen LogP contribution < -0.4 is 9.64 Å². The number of thiazole rings is 1. The van der Waals surface area contributed by atoms with Gasteiger partial charge in [0.05, 0.1) is 27.9 Å². The molecule has 1 aliphatic heterocycles. The molecule has 0 bridgehead atoms. The second kappa shape index (κ2) is 10.9. The second-order valence-electron chi connectivity index (χ2n) is 12.4. The molecule has 2 aromatic carbocycles. The summed E-state index contributed by atoms with van der Waals surface area (Å²) in [6.07, 6.45) is 6.48. The first-order valence-corrected chi connectivity index (χ1v) is 15.5. The molecule has 220 valence electrons. The zero-order chi connectivity index (χ0) is 29.8. The van der Waals surface area contributed by atoms with Crippen LogP contribution in [0.15, 0.2) is 30.5 Å². The minimum Gasteiger partial charge on any atom is -0.493 e. The van der Waals surface area contributed by atoms with E-state index in [0.29, 0.717) is 22.8 Å². The van der Waals surface area contributed by atoms with E-state index in [-0.39, 0.29) is 11.8 Å². The predicted molar refractivity (Wildman–Crippen MR) is 165 cm³/mol. The number of aromatic nitrogens is 2. The van der Waals surface area contributed by atoms with E-state index in [1.165, 1.54) is 17.8 Å². The van der Waals surface area contributed by atoms with Gasteiger partial charge in [0.1, 0.15) is 5.75 Å². The van der Waals surface area contributed by atoms with Crippen LogP contribution >= 0.6 is 11.3 Å². The van der Waals surface area contributed by atoms with Crippen molar-refractivity contribution in [1.82, 2.24) is 9.97 Å². The number of pyridine rings is 1. The number of ether oxygens (including phenoxy) is 2. The van der Waals surface area contributed by atoms with Crippen molar-refractivity contribution in [3.63, 3.8) is 0 Å². The molecule has 1 saturated carbocycles. The molecule has 2 aromatic heterocycles. The number of carboxylic acid groups (broad SMARTS) is 1. The van der Waals surface area contributed by atoms with E-state index in [9.17, 15) is 14.7 Å². The number of aryl methyl sites for hydroxylation is 1. The number of fused-ring (bicyclic) bond motifs is 1. The molecular formula is C33H37N3O5S. The average molecular weight is 588 g/mol. The van der Waals surface area contributed by atoms with E-state index in [0.717, 1.165) is 75.7 Å². The van der Waals surface area contributed by atoms with E-state index in [4.69, 9.17) is 19.4 Å². The summed E-state index contributed by atoms with van der Waals surface area (Å²) < 4.78 is 13.0. The number of carboxylic acids is 1. The van der Waals surface area contributed by atoms with Gasteiger partial charge in [0, 0.05) is 47.7 Å². The van der Waals surface area contributed by atoms with E-state index in [1.54, 1.807) is 18.1 Å².